The summed E-state index contributed by atoms with van der Waals surface area (Å²) in [7, 11) is -0.718. The zero-order valence-electron chi connectivity index (χ0n) is 12.0. The Bertz CT molecular complexity index is 272. The monoisotopic (exact) mass is 260 g/mol. The molecule has 1 fully saturated rings. The van der Waals surface area contributed by atoms with E-state index in [9.17, 15) is 4.21 Å². The molecule has 1 aliphatic heterocycles. The molecule has 0 saturated carbocycles. The summed E-state index contributed by atoms with van der Waals surface area (Å²) >= 11 is 0. The number of nitrogens with zero attached hydrogens (tertiary/aromatic N) is 1. The van der Waals surface area contributed by atoms with E-state index < -0.39 is 10.8 Å². The van der Waals surface area contributed by atoms with Gasteiger partial charge in [-0.15, -0.1) is 0 Å². The maximum atomic E-state index is 11.5. The number of hydrogen-bond donors (Lipinski definition) is 1. The lowest BCUT2D eigenvalue weighted by atomic mass is 9.92. The SMILES string of the molecule is CCC1CNC(C)(CC)CN1CC(C)S(C)=O. The van der Waals surface area contributed by atoms with E-state index in [1.165, 1.54) is 0 Å². The quantitative estimate of drug-likeness (QED) is 0.815. The third kappa shape index (κ3) is 4.04. The van der Waals surface area contributed by atoms with E-state index in [1.54, 1.807) is 0 Å². The molecule has 0 aromatic heterocycles. The molecule has 0 spiro atoms. The van der Waals surface area contributed by atoms with Gasteiger partial charge in [0.05, 0.1) is 0 Å². The highest BCUT2D eigenvalue weighted by Crippen LogP contribution is 2.21. The molecule has 0 radical (unpaired) electrons. The van der Waals surface area contributed by atoms with Gasteiger partial charge in [-0.25, -0.2) is 0 Å². The summed E-state index contributed by atoms with van der Waals surface area (Å²) in [6.45, 7) is 11.9. The molecule has 1 saturated heterocycles. The topological polar surface area (TPSA) is 32.3 Å². The largest absolute Gasteiger partial charge is 0.309 e. The Labute approximate surface area is 109 Å². The van der Waals surface area contributed by atoms with Crippen molar-refractivity contribution in [2.24, 2.45) is 0 Å². The molecule has 1 aliphatic rings. The zero-order valence-corrected chi connectivity index (χ0v) is 12.8. The van der Waals surface area contributed by atoms with Gasteiger partial charge in [0.15, 0.2) is 0 Å². The van der Waals surface area contributed by atoms with Gasteiger partial charge in [-0.1, -0.05) is 13.8 Å². The summed E-state index contributed by atoms with van der Waals surface area (Å²) in [4.78, 5) is 2.53. The molecule has 0 amide bonds. The number of rotatable bonds is 5. The average molecular weight is 260 g/mol. The van der Waals surface area contributed by atoms with Crippen molar-refractivity contribution in [2.45, 2.75) is 57.4 Å². The number of nitrogens with one attached hydrogen (secondary N) is 1. The van der Waals surface area contributed by atoms with Gasteiger partial charge >= 0.3 is 0 Å². The average Bonchev–Trinajstić information content (AvgIpc) is 2.29. The highest BCUT2D eigenvalue weighted by Gasteiger charge is 2.34. The Hall–Kier alpha value is 0.0700. The highest BCUT2D eigenvalue weighted by atomic mass is 32.2. The molecule has 0 aliphatic carbocycles. The molecular formula is C13H28N2OS. The molecule has 102 valence electrons. The molecule has 0 aromatic rings. The fourth-order valence-corrected chi connectivity index (χ4v) is 2.82. The molecule has 0 aromatic carbocycles. The maximum Gasteiger partial charge on any atom is 0.0444 e. The van der Waals surface area contributed by atoms with Gasteiger partial charge < -0.3 is 5.32 Å². The molecule has 0 bridgehead atoms. The molecule has 4 unspecified atom stereocenters. The van der Waals surface area contributed by atoms with Gasteiger partial charge in [0, 0.05) is 53.5 Å². The van der Waals surface area contributed by atoms with Gasteiger partial charge in [-0.05, 0) is 26.7 Å². The first kappa shape index (κ1) is 15.1. The van der Waals surface area contributed by atoms with Crippen LogP contribution in [-0.4, -0.2) is 51.8 Å². The third-order valence-electron chi connectivity index (χ3n) is 4.14. The van der Waals surface area contributed by atoms with Crippen LogP contribution in [0.1, 0.15) is 40.5 Å². The normalized spacial score (nSPS) is 34.5. The number of piperazine rings is 1. The summed E-state index contributed by atoms with van der Waals surface area (Å²) in [5.41, 5.74) is 0.223. The Kier molecular flexibility index (Phi) is 5.61. The summed E-state index contributed by atoms with van der Waals surface area (Å²) in [5.74, 6) is 0. The van der Waals surface area contributed by atoms with Gasteiger partial charge in [0.1, 0.15) is 0 Å². The smallest absolute Gasteiger partial charge is 0.0444 e. The Balaban J connectivity index is 2.66. The fraction of sp³-hybridized carbons (Fsp3) is 1.00. The summed E-state index contributed by atoms with van der Waals surface area (Å²) in [6.07, 6.45) is 4.12. The molecule has 4 heteroatoms. The second kappa shape index (κ2) is 6.30. The van der Waals surface area contributed by atoms with Crippen molar-refractivity contribution >= 4 is 10.8 Å². The molecule has 4 atom stereocenters. The molecule has 3 nitrogen and oxygen atoms in total. The van der Waals surface area contributed by atoms with Crippen molar-refractivity contribution in [1.82, 2.24) is 10.2 Å². The van der Waals surface area contributed by atoms with Crippen LogP contribution in [0.4, 0.5) is 0 Å². The van der Waals surface area contributed by atoms with Crippen molar-refractivity contribution in [1.29, 1.82) is 0 Å². The fourth-order valence-electron chi connectivity index (χ4n) is 2.41. The maximum absolute atomic E-state index is 11.5. The van der Waals surface area contributed by atoms with E-state index in [2.05, 4.69) is 37.9 Å². The van der Waals surface area contributed by atoms with Crippen LogP contribution in [0, 0.1) is 0 Å². The molecule has 17 heavy (non-hydrogen) atoms. The van der Waals surface area contributed by atoms with Crippen molar-refractivity contribution in [3.05, 3.63) is 0 Å². The molecular weight excluding hydrogens is 232 g/mol. The summed E-state index contributed by atoms with van der Waals surface area (Å²) in [6, 6.07) is 0.598. The van der Waals surface area contributed by atoms with Crippen molar-refractivity contribution < 1.29 is 4.21 Å². The highest BCUT2D eigenvalue weighted by molar-refractivity contribution is 7.84. The minimum Gasteiger partial charge on any atom is -0.309 e. The van der Waals surface area contributed by atoms with E-state index in [-0.39, 0.29) is 10.8 Å². The van der Waals surface area contributed by atoms with Gasteiger partial charge in [-0.2, -0.15) is 0 Å². The molecule has 1 heterocycles. The summed E-state index contributed by atoms with van der Waals surface area (Å²) < 4.78 is 11.5. The third-order valence-corrected chi connectivity index (χ3v) is 5.43. The van der Waals surface area contributed by atoms with E-state index in [4.69, 9.17) is 0 Å². The lowest BCUT2D eigenvalue weighted by molar-refractivity contribution is 0.0832. The van der Waals surface area contributed by atoms with E-state index >= 15 is 0 Å². The van der Waals surface area contributed by atoms with Crippen LogP contribution in [0.3, 0.4) is 0 Å². The Morgan fingerprint density at radius 2 is 2.18 bits per heavy atom. The lowest BCUT2D eigenvalue weighted by Gasteiger charge is -2.46. The van der Waals surface area contributed by atoms with Crippen LogP contribution in [0.5, 0.6) is 0 Å². The minimum atomic E-state index is -0.718. The van der Waals surface area contributed by atoms with Crippen LogP contribution in [0.25, 0.3) is 0 Å². The minimum absolute atomic E-state index is 0.223. The summed E-state index contributed by atoms with van der Waals surface area (Å²) in [5, 5.41) is 3.93. The first-order valence-electron chi connectivity index (χ1n) is 6.73. The predicted octanol–water partition coefficient (Wildman–Crippen LogP) is 1.61. The van der Waals surface area contributed by atoms with Gasteiger partial charge in [0.25, 0.3) is 0 Å². The first-order chi connectivity index (χ1) is 7.91. The first-order valence-corrected chi connectivity index (χ1v) is 8.35. The Morgan fingerprint density at radius 1 is 1.53 bits per heavy atom. The van der Waals surface area contributed by atoms with E-state index in [1.807, 2.05) is 6.26 Å². The van der Waals surface area contributed by atoms with Crippen LogP contribution >= 0.6 is 0 Å². The number of hydrogen-bond acceptors (Lipinski definition) is 3. The van der Waals surface area contributed by atoms with E-state index in [0.717, 1.165) is 32.5 Å². The van der Waals surface area contributed by atoms with Crippen LogP contribution in [0.2, 0.25) is 0 Å². The molecule has 1 rings (SSSR count). The van der Waals surface area contributed by atoms with Crippen molar-refractivity contribution in [3.8, 4) is 0 Å². The van der Waals surface area contributed by atoms with Crippen molar-refractivity contribution in [3.63, 3.8) is 0 Å². The van der Waals surface area contributed by atoms with Gasteiger partial charge in [0.2, 0.25) is 0 Å². The van der Waals surface area contributed by atoms with E-state index in [0.29, 0.717) is 6.04 Å². The lowest BCUT2D eigenvalue weighted by Crippen LogP contribution is -2.63. The predicted molar refractivity (Wildman–Crippen MR) is 75.9 cm³/mol. The molecule has 1 N–H and O–H groups in total. The van der Waals surface area contributed by atoms with Crippen LogP contribution < -0.4 is 5.32 Å². The standard InChI is InChI=1S/C13H28N2OS/c1-6-12-8-14-13(4,7-2)10-15(12)9-11(3)17(5)16/h11-12,14H,6-10H2,1-5H3. The second-order valence-electron chi connectivity index (χ2n) is 5.60. The van der Waals surface area contributed by atoms with Crippen molar-refractivity contribution in [2.75, 3.05) is 25.9 Å². The zero-order chi connectivity index (χ0) is 13.1. The van der Waals surface area contributed by atoms with Crippen LogP contribution in [-0.2, 0) is 10.8 Å². The van der Waals surface area contributed by atoms with Crippen LogP contribution in [0.15, 0.2) is 0 Å². The van der Waals surface area contributed by atoms with Gasteiger partial charge in [-0.3, -0.25) is 9.11 Å². The Morgan fingerprint density at radius 3 is 2.65 bits per heavy atom. The second-order valence-corrected chi connectivity index (χ2v) is 7.40.